The molecule has 2 heterocycles. The van der Waals surface area contributed by atoms with Crippen molar-refractivity contribution in [2.75, 3.05) is 19.6 Å². The van der Waals surface area contributed by atoms with E-state index in [1.165, 1.54) is 6.07 Å². The lowest BCUT2D eigenvalue weighted by Gasteiger charge is -2.17. The monoisotopic (exact) mass is 310 g/mol. The van der Waals surface area contributed by atoms with Crippen molar-refractivity contribution in [3.05, 3.63) is 71.0 Å². The molecule has 3 nitrogen and oxygen atoms in total. The number of nitrogens with one attached hydrogen (secondary N) is 1. The summed E-state index contributed by atoms with van der Waals surface area (Å²) in [5, 5.41) is 3.03. The van der Waals surface area contributed by atoms with Crippen molar-refractivity contribution >= 4 is 5.91 Å². The Morgan fingerprint density at radius 3 is 2.74 bits per heavy atom. The first-order valence-corrected chi connectivity index (χ1v) is 8.05. The summed E-state index contributed by atoms with van der Waals surface area (Å²) in [7, 11) is 0. The predicted octanol–water partition coefficient (Wildman–Crippen LogP) is 2.78. The second-order valence-electron chi connectivity index (χ2n) is 6.45. The van der Waals surface area contributed by atoms with Gasteiger partial charge in [0.15, 0.2) is 0 Å². The van der Waals surface area contributed by atoms with E-state index < -0.39 is 0 Å². The maximum absolute atomic E-state index is 13.9. The highest BCUT2D eigenvalue weighted by molar-refractivity contribution is 5.96. The van der Waals surface area contributed by atoms with E-state index in [-0.39, 0.29) is 11.7 Å². The number of carbonyl (C=O) groups is 1. The third kappa shape index (κ3) is 2.63. The highest BCUT2D eigenvalue weighted by Crippen LogP contribution is 2.36. The molecule has 0 unspecified atom stereocenters. The van der Waals surface area contributed by atoms with E-state index in [0.717, 1.165) is 29.8 Å². The van der Waals surface area contributed by atoms with Crippen LogP contribution < -0.4 is 5.32 Å². The van der Waals surface area contributed by atoms with E-state index in [1.54, 1.807) is 6.07 Å². The zero-order valence-corrected chi connectivity index (χ0v) is 12.8. The molecule has 0 radical (unpaired) electrons. The lowest BCUT2D eigenvalue weighted by atomic mass is 9.87. The topological polar surface area (TPSA) is 32.3 Å². The van der Waals surface area contributed by atoms with E-state index in [2.05, 4.69) is 16.3 Å². The summed E-state index contributed by atoms with van der Waals surface area (Å²) >= 11 is 0. The van der Waals surface area contributed by atoms with Crippen molar-refractivity contribution in [2.45, 2.75) is 12.5 Å². The Labute approximate surface area is 135 Å². The number of hydrogen-bond acceptors (Lipinski definition) is 2. The minimum Gasteiger partial charge on any atom is -0.352 e. The Bertz CT molecular complexity index is 746. The van der Waals surface area contributed by atoms with Gasteiger partial charge in [-0.15, -0.1) is 0 Å². The minimum atomic E-state index is -0.145. The molecule has 23 heavy (non-hydrogen) atoms. The molecule has 0 aliphatic carbocycles. The standard InChI is InChI=1S/C19H19FN2O/c20-18-8-4-1-5-13(18)10-22-11-14-9-21-19(23)16-7-3-2-6-15(16)17(14)12-22/h1-8,14,17H,9-12H2,(H,21,23)/t14-,17-/m1/s1. The van der Waals surface area contributed by atoms with Crippen LogP contribution in [0.4, 0.5) is 4.39 Å². The molecule has 4 heteroatoms. The second-order valence-corrected chi connectivity index (χ2v) is 6.45. The van der Waals surface area contributed by atoms with Crippen molar-refractivity contribution in [3.8, 4) is 0 Å². The maximum atomic E-state index is 13.9. The first-order chi connectivity index (χ1) is 11.2. The van der Waals surface area contributed by atoms with Crippen LogP contribution in [0.5, 0.6) is 0 Å². The lowest BCUT2D eigenvalue weighted by molar-refractivity contribution is 0.0951. The van der Waals surface area contributed by atoms with Gasteiger partial charge in [0.2, 0.25) is 0 Å². The molecule has 1 N–H and O–H groups in total. The van der Waals surface area contributed by atoms with Gasteiger partial charge in [-0.2, -0.15) is 0 Å². The number of rotatable bonds is 2. The summed E-state index contributed by atoms with van der Waals surface area (Å²) in [6, 6.07) is 14.8. The fraction of sp³-hybridized carbons (Fsp3) is 0.316. The van der Waals surface area contributed by atoms with Crippen LogP contribution in [-0.4, -0.2) is 30.4 Å². The number of amides is 1. The summed E-state index contributed by atoms with van der Waals surface area (Å²) in [5.74, 6) is 0.593. The smallest absolute Gasteiger partial charge is 0.251 e. The van der Waals surface area contributed by atoms with Crippen molar-refractivity contribution < 1.29 is 9.18 Å². The van der Waals surface area contributed by atoms with Crippen LogP contribution in [0.25, 0.3) is 0 Å². The quantitative estimate of drug-likeness (QED) is 0.925. The van der Waals surface area contributed by atoms with Gasteiger partial charge >= 0.3 is 0 Å². The van der Waals surface area contributed by atoms with Crippen molar-refractivity contribution in [2.24, 2.45) is 5.92 Å². The summed E-state index contributed by atoms with van der Waals surface area (Å²) < 4.78 is 13.9. The second kappa shape index (κ2) is 5.78. The van der Waals surface area contributed by atoms with Crippen LogP contribution >= 0.6 is 0 Å². The van der Waals surface area contributed by atoms with Gasteiger partial charge in [0.25, 0.3) is 5.91 Å². The number of fused-ring (bicyclic) bond motifs is 3. The normalized spacial score (nSPS) is 23.8. The zero-order chi connectivity index (χ0) is 15.8. The summed E-state index contributed by atoms with van der Waals surface area (Å²) in [6.07, 6.45) is 0. The SMILES string of the molecule is O=C1NC[C@@H]2CN(Cc3ccccc3F)C[C@H]2c2ccccc21. The molecule has 0 spiro atoms. The van der Waals surface area contributed by atoms with Crippen LogP contribution in [-0.2, 0) is 6.54 Å². The Hall–Kier alpha value is -2.20. The molecule has 1 saturated heterocycles. The molecular weight excluding hydrogens is 291 g/mol. The highest BCUT2D eigenvalue weighted by Gasteiger charge is 2.37. The van der Waals surface area contributed by atoms with Gasteiger partial charge in [-0.3, -0.25) is 9.69 Å². The Kier molecular flexibility index (Phi) is 3.62. The van der Waals surface area contributed by atoms with E-state index in [9.17, 15) is 9.18 Å². The fourth-order valence-electron chi connectivity index (χ4n) is 3.86. The number of likely N-dealkylation sites (tertiary alicyclic amines) is 1. The molecule has 2 aliphatic rings. The van der Waals surface area contributed by atoms with Gasteiger partial charge in [-0.1, -0.05) is 36.4 Å². The number of hydrogen-bond donors (Lipinski definition) is 1. The molecule has 2 aromatic carbocycles. The average molecular weight is 310 g/mol. The van der Waals surface area contributed by atoms with Crippen LogP contribution in [0.3, 0.4) is 0 Å². The molecule has 0 bridgehead atoms. The third-order valence-electron chi connectivity index (χ3n) is 5.00. The summed E-state index contributed by atoms with van der Waals surface area (Å²) in [6.45, 7) is 3.06. The predicted molar refractivity (Wildman–Crippen MR) is 86.7 cm³/mol. The van der Waals surface area contributed by atoms with E-state index >= 15 is 0 Å². The van der Waals surface area contributed by atoms with Crippen molar-refractivity contribution in [1.29, 1.82) is 0 Å². The molecule has 1 amide bonds. The third-order valence-corrected chi connectivity index (χ3v) is 5.00. The highest BCUT2D eigenvalue weighted by atomic mass is 19.1. The van der Waals surface area contributed by atoms with Gasteiger partial charge in [-0.05, 0) is 23.6 Å². The Morgan fingerprint density at radius 1 is 1.09 bits per heavy atom. The molecule has 4 rings (SSSR count). The lowest BCUT2D eigenvalue weighted by Crippen LogP contribution is -2.29. The number of benzene rings is 2. The Morgan fingerprint density at radius 2 is 1.87 bits per heavy atom. The summed E-state index contributed by atoms with van der Waals surface area (Å²) in [4.78, 5) is 14.5. The molecule has 118 valence electrons. The summed E-state index contributed by atoms with van der Waals surface area (Å²) in [5.41, 5.74) is 2.65. The number of nitrogens with zero attached hydrogens (tertiary/aromatic N) is 1. The fourth-order valence-corrected chi connectivity index (χ4v) is 3.86. The van der Waals surface area contributed by atoms with Gasteiger partial charge in [0.05, 0.1) is 0 Å². The molecule has 2 aliphatic heterocycles. The van der Waals surface area contributed by atoms with Gasteiger partial charge in [0, 0.05) is 43.2 Å². The molecule has 0 saturated carbocycles. The van der Waals surface area contributed by atoms with Gasteiger partial charge < -0.3 is 5.32 Å². The molecule has 2 aromatic rings. The van der Waals surface area contributed by atoms with Crippen LogP contribution in [0.1, 0.15) is 27.4 Å². The first kappa shape index (κ1) is 14.4. The van der Waals surface area contributed by atoms with Crippen molar-refractivity contribution in [1.82, 2.24) is 10.2 Å². The average Bonchev–Trinajstić information content (AvgIpc) is 2.92. The van der Waals surface area contributed by atoms with E-state index in [4.69, 9.17) is 0 Å². The maximum Gasteiger partial charge on any atom is 0.251 e. The van der Waals surface area contributed by atoms with E-state index in [1.807, 2.05) is 30.3 Å². The minimum absolute atomic E-state index is 0.0238. The molecular formula is C19H19FN2O. The van der Waals surface area contributed by atoms with Crippen LogP contribution in [0, 0.1) is 11.7 Å². The molecule has 2 atom stereocenters. The largest absolute Gasteiger partial charge is 0.352 e. The number of carbonyl (C=O) groups excluding carboxylic acids is 1. The van der Waals surface area contributed by atoms with Gasteiger partial charge in [0.1, 0.15) is 5.82 Å². The zero-order valence-electron chi connectivity index (χ0n) is 12.8. The molecule has 1 fully saturated rings. The van der Waals surface area contributed by atoms with Crippen molar-refractivity contribution in [3.63, 3.8) is 0 Å². The Balaban J connectivity index is 1.59. The first-order valence-electron chi connectivity index (χ1n) is 8.05. The molecule has 0 aromatic heterocycles. The van der Waals surface area contributed by atoms with Gasteiger partial charge in [-0.25, -0.2) is 4.39 Å². The van der Waals surface area contributed by atoms with Crippen LogP contribution in [0.2, 0.25) is 0 Å². The van der Waals surface area contributed by atoms with E-state index in [0.29, 0.717) is 24.9 Å². The van der Waals surface area contributed by atoms with Crippen LogP contribution in [0.15, 0.2) is 48.5 Å². The number of halogens is 1.